The number of benzene rings is 1. The molecule has 152 valence electrons. The van der Waals surface area contributed by atoms with Crippen molar-refractivity contribution >= 4 is 23.3 Å². The minimum Gasteiger partial charge on any atom is -0.497 e. The number of anilines is 1. The van der Waals surface area contributed by atoms with E-state index in [1.54, 1.807) is 38.1 Å². The van der Waals surface area contributed by atoms with Crippen LogP contribution in [0.3, 0.4) is 0 Å². The molecule has 0 aliphatic carbocycles. The summed E-state index contributed by atoms with van der Waals surface area (Å²) in [6.07, 6.45) is -4.84. The molecular weight excluding hydrogens is 397 g/mol. The van der Waals surface area contributed by atoms with Crippen molar-refractivity contribution < 1.29 is 22.7 Å². The number of nitrogens with zero attached hydrogens (tertiary/aromatic N) is 2. The number of alkyl halides is 3. The van der Waals surface area contributed by atoms with Crippen molar-refractivity contribution in [2.24, 2.45) is 0 Å². The molecule has 6 nitrogen and oxygen atoms in total. The molecule has 0 fully saturated rings. The standard InChI is InChI=1S/C18H20ClF3N4O2/c1-9(2)23-17(27)15-14(19)16-24-12(10-4-6-11(28-3)7-5-10)8-13(18(20,21)22)26(16)25-15/h4-7,9,12-13,24H,8H2,1-3H3,(H,23,27)/t12-,13+/m1/s1. The van der Waals surface area contributed by atoms with Gasteiger partial charge in [-0.05, 0) is 31.5 Å². The summed E-state index contributed by atoms with van der Waals surface area (Å²) in [6, 6.07) is 3.96. The Labute approximate surface area is 165 Å². The summed E-state index contributed by atoms with van der Waals surface area (Å²) in [5, 5.41) is 9.34. The molecule has 2 aromatic rings. The topological polar surface area (TPSA) is 68.2 Å². The summed E-state index contributed by atoms with van der Waals surface area (Å²) in [5.41, 5.74) is 0.411. The average molecular weight is 417 g/mol. The fourth-order valence-electron chi connectivity index (χ4n) is 3.12. The maximum atomic E-state index is 13.7. The van der Waals surface area contributed by atoms with Gasteiger partial charge < -0.3 is 15.4 Å². The van der Waals surface area contributed by atoms with Crippen LogP contribution in [0.5, 0.6) is 5.75 Å². The Balaban J connectivity index is 2.01. The number of aromatic nitrogens is 2. The number of amides is 1. The fraction of sp³-hybridized carbons (Fsp3) is 0.444. The molecule has 0 saturated heterocycles. The lowest BCUT2D eigenvalue weighted by molar-refractivity contribution is -0.173. The molecule has 1 amide bonds. The van der Waals surface area contributed by atoms with E-state index in [2.05, 4.69) is 15.7 Å². The lowest BCUT2D eigenvalue weighted by atomic mass is 9.97. The molecule has 1 aromatic carbocycles. The number of fused-ring (bicyclic) bond motifs is 1. The third-order valence-electron chi connectivity index (χ3n) is 4.45. The Kier molecular flexibility index (Phi) is 5.47. The van der Waals surface area contributed by atoms with E-state index in [0.29, 0.717) is 11.3 Å². The van der Waals surface area contributed by atoms with Crippen LogP contribution < -0.4 is 15.4 Å². The smallest absolute Gasteiger partial charge is 0.410 e. The number of carbonyl (C=O) groups excluding carboxylic acids is 1. The highest BCUT2D eigenvalue weighted by Gasteiger charge is 2.47. The lowest BCUT2D eigenvalue weighted by Crippen LogP contribution is -2.36. The zero-order valence-electron chi connectivity index (χ0n) is 15.5. The Bertz CT molecular complexity index is 865. The molecule has 2 N–H and O–H groups in total. The van der Waals surface area contributed by atoms with E-state index in [-0.39, 0.29) is 29.0 Å². The Morgan fingerprint density at radius 2 is 2.00 bits per heavy atom. The molecule has 2 heterocycles. The van der Waals surface area contributed by atoms with Gasteiger partial charge in [-0.1, -0.05) is 23.7 Å². The van der Waals surface area contributed by atoms with E-state index in [1.165, 1.54) is 7.11 Å². The first-order chi connectivity index (χ1) is 13.1. The van der Waals surface area contributed by atoms with Gasteiger partial charge in [-0.15, -0.1) is 0 Å². The molecule has 0 bridgehead atoms. The summed E-state index contributed by atoms with van der Waals surface area (Å²) in [4.78, 5) is 12.3. The molecule has 1 aliphatic heterocycles. The molecule has 28 heavy (non-hydrogen) atoms. The number of carbonyl (C=O) groups is 1. The van der Waals surface area contributed by atoms with Gasteiger partial charge in [0, 0.05) is 12.5 Å². The average Bonchev–Trinajstić information content (AvgIpc) is 2.96. The first-order valence-electron chi connectivity index (χ1n) is 8.68. The third kappa shape index (κ3) is 3.89. The van der Waals surface area contributed by atoms with Crippen LogP contribution in [0.2, 0.25) is 5.02 Å². The number of hydrogen-bond acceptors (Lipinski definition) is 4. The summed E-state index contributed by atoms with van der Waals surface area (Å²) in [7, 11) is 1.51. The zero-order chi connectivity index (χ0) is 20.6. The predicted molar refractivity (Wildman–Crippen MR) is 98.9 cm³/mol. The normalized spacial score (nSPS) is 19.1. The van der Waals surface area contributed by atoms with E-state index in [4.69, 9.17) is 16.3 Å². The lowest BCUT2D eigenvalue weighted by Gasteiger charge is -2.33. The minimum atomic E-state index is -4.55. The predicted octanol–water partition coefficient (Wildman–Crippen LogP) is 4.34. The third-order valence-corrected chi connectivity index (χ3v) is 4.81. The van der Waals surface area contributed by atoms with Crippen molar-refractivity contribution in [3.05, 3.63) is 40.5 Å². The maximum Gasteiger partial charge on any atom is 0.410 e. The van der Waals surface area contributed by atoms with Gasteiger partial charge in [0.15, 0.2) is 11.7 Å². The van der Waals surface area contributed by atoms with Crippen LogP contribution in [0.1, 0.15) is 48.4 Å². The van der Waals surface area contributed by atoms with Crippen molar-refractivity contribution in [2.45, 2.75) is 44.6 Å². The van der Waals surface area contributed by atoms with E-state index in [1.807, 2.05) is 0 Å². The highest BCUT2D eigenvalue weighted by molar-refractivity contribution is 6.36. The van der Waals surface area contributed by atoms with Gasteiger partial charge in [-0.3, -0.25) is 4.79 Å². The van der Waals surface area contributed by atoms with E-state index >= 15 is 0 Å². The van der Waals surface area contributed by atoms with Crippen LogP contribution in [0.25, 0.3) is 0 Å². The number of methoxy groups -OCH3 is 1. The summed E-state index contributed by atoms with van der Waals surface area (Å²) in [5.74, 6) is -0.0433. The van der Waals surface area contributed by atoms with Gasteiger partial charge >= 0.3 is 6.18 Å². The summed E-state index contributed by atoms with van der Waals surface area (Å²) in [6.45, 7) is 3.47. The molecule has 0 spiro atoms. The number of rotatable bonds is 4. The highest BCUT2D eigenvalue weighted by atomic mass is 35.5. The van der Waals surface area contributed by atoms with Crippen molar-refractivity contribution in [3.8, 4) is 5.75 Å². The number of ether oxygens (including phenoxy) is 1. The second kappa shape index (κ2) is 7.54. The molecule has 3 rings (SSSR count). The van der Waals surface area contributed by atoms with Crippen LogP contribution in [0.4, 0.5) is 19.0 Å². The monoisotopic (exact) mass is 416 g/mol. The van der Waals surface area contributed by atoms with Crippen LogP contribution in [0.15, 0.2) is 24.3 Å². The molecule has 0 unspecified atom stereocenters. The second-order valence-corrected chi connectivity index (χ2v) is 7.23. The quantitative estimate of drug-likeness (QED) is 0.777. The molecule has 0 saturated carbocycles. The van der Waals surface area contributed by atoms with Gasteiger partial charge in [0.1, 0.15) is 16.6 Å². The number of nitrogens with one attached hydrogen (secondary N) is 2. The fourth-order valence-corrected chi connectivity index (χ4v) is 3.38. The van der Waals surface area contributed by atoms with Gasteiger partial charge in [0.25, 0.3) is 5.91 Å². The molecule has 2 atom stereocenters. The van der Waals surface area contributed by atoms with Crippen LogP contribution >= 0.6 is 11.6 Å². The van der Waals surface area contributed by atoms with E-state index < -0.39 is 24.2 Å². The highest BCUT2D eigenvalue weighted by Crippen LogP contribution is 2.46. The number of halogens is 4. The van der Waals surface area contributed by atoms with Crippen molar-refractivity contribution in [1.29, 1.82) is 0 Å². The largest absolute Gasteiger partial charge is 0.497 e. The van der Waals surface area contributed by atoms with E-state index in [9.17, 15) is 18.0 Å². The first-order valence-corrected chi connectivity index (χ1v) is 9.05. The van der Waals surface area contributed by atoms with Crippen molar-refractivity contribution in [1.82, 2.24) is 15.1 Å². The molecular formula is C18H20ClF3N4O2. The Morgan fingerprint density at radius 1 is 1.36 bits per heavy atom. The van der Waals surface area contributed by atoms with Crippen LogP contribution in [-0.4, -0.2) is 35.0 Å². The SMILES string of the molecule is COc1ccc([C@H]2C[C@@H](C(F)(F)F)n3nc(C(=O)NC(C)C)c(Cl)c3N2)cc1. The Hall–Kier alpha value is -2.42. The van der Waals surface area contributed by atoms with E-state index in [0.717, 1.165) is 4.68 Å². The zero-order valence-corrected chi connectivity index (χ0v) is 16.2. The Morgan fingerprint density at radius 3 is 2.54 bits per heavy atom. The molecule has 0 radical (unpaired) electrons. The van der Waals surface area contributed by atoms with Gasteiger partial charge in [-0.2, -0.15) is 18.3 Å². The molecule has 10 heteroatoms. The first kappa shape index (κ1) is 20.3. The molecule has 1 aliphatic rings. The van der Waals surface area contributed by atoms with Crippen molar-refractivity contribution in [2.75, 3.05) is 12.4 Å². The maximum absolute atomic E-state index is 13.7. The van der Waals surface area contributed by atoms with Gasteiger partial charge in [-0.25, -0.2) is 4.68 Å². The second-order valence-electron chi connectivity index (χ2n) is 6.85. The van der Waals surface area contributed by atoms with Crippen LogP contribution in [0, 0.1) is 0 Å². The van der Waals surface area contributed by atoms with Crippen molar-refractivity contribution in [3.63, 3.8) is 0 Å². The van der Waals surface area contributed by atoms with Crippen LogP contribution in [-0.2, 0) is 0 Å². The summed E-state index contributed by atoms with van der Waals surface area (Å²) >= 11 is 6.24. The summed E-state index contributed by atoms with van der Waals surface area (Å²) < 4.78 is 47.0. The molecule has 1 aromatic heterocycles. The minimum absolute atomic E-state index is 0.0232. The van der Waals surface area contributed by atoms with Gasteiger partial charge in [0.2, 0.25) is 0 Å². The van der Waals surface area contributed by atoms with Gasteiger partial charge in [0.05, 0.1) is 13.2 Å². The number of hydrogen-bond donors (Lipinski definition) is 2.